The topological polar surface area (TPSA) is 52.5 Å². The molecule has 0 unspecified atom stereocenters. The van der Waals surface area contributed by atoms with Gasteiger partial charge in [-0.15, -0.1) is 11.3 Å². The summed E-state index contributed by atoms with van der Waals surface area (Å²) in [4.78, 5) is 6.85. The number of thiazole rings is 1. The van der Waals surface area contributed by atoms with E-state index in [1.807, 2.05) is 35.6 Å². The Labute approximate surface area is 121 Å². The van der Waals surface area contributed by atoms with Crippen LogP contribution in [-0.2, 0) is 0 Å². The molecule has 0 radical (unpaired) electrons. The maximum atomic E-state index is 6.30. The van der Waals surface area contributed by atoms with Gasteiger partial charge in [-0.2, -0.15) is 0 Å². The van der Waals surface area contributed by atoms with Crippen LogP contribution in [0, 0.1) is 13.8 Å². The van der Waals surface area contributed by atoms with Crippen LogP contribution in [0.3, 0.4) is 0 Å². The molecule has 1 aromatic carbocycles. The monoisotopic (exact) mass is 287 g/mol. The van der Waals surface area contributed by atoms with Crippen LogP contribution in [0.4, 0.5) is 5.82 Å². The molecule has 5 heteroatoms. The van der Waals surface area contributed by atoms with Crippen molar-refractivity contribution in [3.63, 3.8) is 0 Å². The SMILES string of the molecule is CCOc1ccccc1-c1nc2sc(C)c(C)n2c1N. The number of anilines is 1. The first-order valence-electron chi connectivity index (χ1n) is 6.59. The summed E-state index contributed by atoms with van der Waals surface area (Å²) in [6, 6.07) is 7.88. The van der Waals surface area contributed by atoms with E-state index in [0.29, 0.717) is 12.4 Å². The number of hydrogen-bond donors (Lipinski definition) is 1. The number of rotatable bonds is 3. The standard InChI is InChI=1S/C15H17N3OS/c1-4-19-12-8-6-5-7-11(12)13-14(16)18-9(2)10(3)20-15(18)17-13/h5-8H,4,16H2,1-3H3. The van der Waals surface area contributed by atoms with Crippen molar-refractivity contribution in [2.45, 2.75) is 20.8 Å². The lowest BCUT2D eigenvalue weighted by Crippen LogP contribution is -1.98. The lowest BCUT2D eigenvalue weighted by atomic mass is 10.1. The molecule has 0 aliphatic heterocycles. The Balaban J connectivity index is 2.23. The van der Waals surface area contributed by atoms with Gasteiger partial charge in [-0.1, -0.05) is 12.1 Å². The van der Waals surface area contributed by atoms with Crippen LogP contribution in [0.2, 0.25) is 0 Å². The van der Waals surface area contributed by atoms with E-state index >= 15 is 0 Å². The second-order valence-electron chi connectivity index (χ2n) is 4.64. The second kappa shape index (κ2) is 4.83. The lowest BCUT2D eigenvalue weighted by molar-refractivity contribution is 0.341. The second-order valence-corrected chi connectivity index (χ2v) is 5.82. The van der Waals surface area contributed by atoms with E-state index in [4.69, 9.17) is 10.5 Å². The highest BCUT2D eigenvalue weighted by Gasteiger charge is 2.18. The first-order valence-corrected chi connectivity index (χ1v) is 7.41. The molecule has 0 spiro atoms. The molecule has 0 amide bonds. The fraction of sp³-hybridized carbons (Fsp3) is 0.267. The Morgan fingerprint density at radius 1 is 1.30 bits per heavy atom. The van der Waals surface area contributed by atoms with E-state index in [9.17, 15) is 0 Å². The number of fused-ring (bicyclic) bond motifs is 1. The average molecular weight is 287 g/mol. The number of nitrogens with zero attached hydrogens (tertiary/aromatic N) is 2. The van der Waals surface area contributed by atoms with Gasteiger partial charge in [-0.25, -0.2) is 4.98 Å². The molecule has 0 aliphatic carbocycles. The Morgan fingerprint density at radius 3 is 2.75 bits per heavy atom. The fourth-order valence-electron chi connectivity index (χ4n) is 2.31. The van der Waals surface area contributed by atoms with Gasteiger partial charge in [-0.3, -0.25) is 4.40 Å². The van der Waals surface area contributed by atoms with E-state index < -0.39 is 0 Å². The predicted octanol–water partition coefficient (Wildman–Crippen LogP) is 3.66. The van der Waals surface area contributed by atoms with E-state index in [2.05, 4.69) is 18.8 Å². The first-order chi connectivity index (χ1) is 9.63. The van der Waals surface area contributed by atoms with Gasteiger partial charge in [0.25, 0.3) is 0 Å². The third kappa shape index (κ3) is 1.86. The molecule has 0 saturated carbocycles. The van der Waals surface area contributed by atoms with Gasteiger partial charge in [0.1, 0.15) is 17.3 Å². The van der Waals surface area contributed by atoms with Crippen molar-refractivity contribution in [3.05, 3.63) is 34.8 Å². The van der Waals surface area contributed by atoms with E-state index in [1.54, 1.807) is 11.3 Å². The third-order valence-corrected chi connectivity index (χ3v) is 4.47. The van der Waals surface area contributed by atoms with Crippen molar-refractivity contribution in [2.24, 2.45) is 0 Å². The molecular weight excluding hydrogens is 270 g/mol. The summed E-state index contributed by atoms with van der Waals surface area (Å²) in [6.45, 7) is 6.74. The molecule has 0 atom stereocenters. The molecule has 2 aromatic heterocycles. The van der Waals surface area contributed by atoms with Crippen LogP contribution >= 0.6 is 11.3 Å². The van der Waals surface area contributed by atoms with Crippen molar-refractivity contribution < 1.29 is 4.74 Å². The molecule has 3 rings (SSSR count). The molecule has 0 fully saturated rings. The van der Waals surface area contributed by atoms with Gasteiger partial charge < -0.3 is 10.5 Å². The van der Waals surface area contributed by atoms with Crippen molar-refractivity contribution >= 4 is 22.1 Å². The number of nitrogens with two attached hydrogens (primary N) is 1. The molecule has 3 aromatic rings. The van der Waals surface area contributed by atoms with Gasteiger partial charge in [0.15, 0.2) is 4.96 Å². The Bertz CT molecular complexity index is 773. The van der Waals surface area contributed by atoms with Gasteiger partial charge >= 0.3 is 0 Å². The molecule has 0 aliphatic rings. The smallest absolute Gasteiger partial charge is 0.196 e. The van der Waals surface area contributed by atoms with Crippen LogP contribution < -0.4 is 10.5 Å². The van der Waals surface area contributed by atoms with Crippen molar-refractivity contribution in [2.75, 3.05) is 12.3 Å². The van der Waals surface area contributed by atoms with Gasteiger partial charge in [-0.05, 0) is 32.9 Å². The minimum Gasteiger partial charge on any atom is -0.493 e. The summed E-state index contributed by atoms with van der Waals surface area (Å²) in [7, 11) is 0. The summed E-state index contributed by atoms with van der Waals surface area (Å²) in [6.07, 6.45) is 0. The quantitative estimate of drug-likeness (QED) is 0.799. The number of para-hydroxylation sites is 1. The summed E-state index contributed by atoms with van der Waals surface area (Å²) >= 11 is 1.66. The zero-order chi connectivity index (χ0) is 14.3. The highest BCUT2D eigenvalue weighted by atomic mass is 32.1. The minimum absolute atomic E-state index is 0.622. The molecule has 0 bridgehead atoms. The minimum atomic E-state index is 0.622. The zero-order valence-corrected chi connectivity index (χ0v) is 12.6. The fourth-order valence-corrected chi connectivity index (χ4v) is 3.29. The van der Waals surface area contributed by atoms with Crippen LogP contribution in [0.5, 0.6) is 5.75 Å². The molecule has 20 heavy (non-hydrogen) atoms. The molecule has 2 N–H and O–H groups in total. The first kappa shape index (κ1) is 13.0. The largest absolute Gasteiger partial charge is 0.493 e. The number of benzene rings is 1. The van der Waals surface area contributed by atoms with Gasteiger partial charge in [0, 0.05) is 16.1 Å². The Morgan fingerprint density at radius 2 is 2.05 bits per heavy atom. The maximum absolute atomic E-state index is 6.30. The van der Waals surface area contributed by atoms with Crippen molar-refractivity contribution in [1.29, 1.82) is 0 Å². The van der Waals surface area contributed by atoms with Gasteiger partial charge in [0.05, 0.1) is 6.61 Å². The van der Waals surface area contributed by atoms with Crippen LogP contribution in [0.1, 0.15) is 17.5 Å². The number of imidazole rings is 1. The lowest BCUT2D eigenvalue weighted by Gasteiger charge is -2.08. The van der Waals surface area contributed by atoms with E-state index in [-0.39, 0.29) is 0 Å². The van der Waals surface area contributed by atoms with Crippen LogP contribution in [0.25, 0.3) is 16.2 Å². The predicted molar refractivity (Wildman–Crippen MR) is 83.6 cm³/mol. The number of ether oxygens (including phenoxy) is 1. The molecule has 0 saturated heterocycles. The molecule has 4 nitrogen and oxygen atoms in total. The zero-order valence-electron chi connectivity index (χ0n) is 11.8. The molecule has 104 valence electrons. The molecular formula is C15H17N3OS. The Hall–Kier alpha value is -2.01. The maximum Gasteiger partial charge on any atom is 0.196 e. The third-order valence-electron chi connectivity index (χ3n) is 3.41. The number of aromatic nitrogens is 2. The Kier molecular flexibility index (Phi) is 3.14. The van der Waals surface area contributed by atoms with E-state index in [0.717, 1.165) is 27.7 Å². The van der Waals surface area contributed by atoms with Gasteiger partial charge in [0.2, 0.25) is 0 Å². The summed E-state index contributed by atoms with van der Waals surface area (Å²) in [5.41, 5.74) is 9.19. The summed E-state index contributed by atoms with van der Waals surface area (Å²) in [5.74, 6) is 1.50. The van der Waals surface area contributed by atoms with Crippen LogP contribution in [0.15, 0.2) is 24.3 Å². The summed E-state index contributed by atoms with van der Waals surface area (Å²) < 4.78 is 7.68. The van der Waals surface area contributed by atoms with Crippen molar-refractivity contribution in [1.82, 2.24) is 9.38 Å². The number of aryl methyl sites for hydroxylation is 2. The number of nitrogen functional groups attached to an aromatic ring is 1. The van der Waals surface area contributed by atoms with Crippen LogP contribution in [-0.4, -0.2) is 16.0 Å². The number of hydrogen-bond acceptors (Lipinski definition) is 4. The summed E-state index contributed by atoms with van der Waals surface area (Å²) in [5, 5.41) is 0. The highest BCUT2D eigenvalue weighted by molar-refractivity contribution is 7.17. The molecule has 2 heterocycles. The average Bonchev–Trinajstić information content (AvgIpc) is 2.89. The highest BCUT2D eigenvalue weighted by Crippen LogP contribution is 2.36. The van der Waals surface area contributed by atoms with Crippen molar-refractivity contribution in [3.8, 4) is 17.0 Å². The normalized spacial score (nSPS) is 11.2. The van der Waals surface area contributed by atoms with E-state index in [1.165, 1.54) is 4.88 Å².